The highest BCUT2D eigenvalue weighted by molar-refractivity contribution is 5.67. The van der Waals surface area contributed by atoms with Crippen LogP contribution in [0.15, 0.2) is 0 Å². The maximum Gasteiger partial charge on any atom is 0.303 e. The maximum atomic E-state index is 10.5. The number of rotatable bonds is 8. The van der Waals surface area contributed by atoms with Crippen LogP contribution in [0.3, 0.4) is 0 Å². The van der Waals surface area contributed by atoms with Crippen molar-refractivity contribution in [1.29, 1.82) is 0 Å². The van der Waals surface area contributed by atoms with E-state index >= 15 is 0 Å². The molecule has 15 heavy (non-hydrogen) atoms. The fourth-order valence-corrected chi connectivity index (χ4v) is 1.13. The van der Waals surface area contributed by atoms with Gasteiger partial charge in [0.15, 0.2) is 0 Å². The van der Waals surface area contributed by atoms with Gasteiger partial charge in [-0.15, -0.1) is 0 Å². The van der Waals surface area contributed by atoms with Crippen LogP contribution in [0.4, 0.5) is 0 Å². The topological polar surface area (TPSA) is 118 Å². The lowest BCUT2D eigenvalue weighted by Gasteiger charge is -2.06. The molecular weight excluding hydrogens is 206 g/mol. The molecule has 0 radical (unpaired) electrons. The van der Waals surface area contributed by atoms with E-state index in [9.17, 15) is 19.7 Å². The van der Waals surface area contributed by atoms with Crippen LogP contribution in [0.25, 0.3) is 0 Å². The number of hydrogen-bond acceptors (Lipinski definition) is 4. The number of carboxylic acids is 2. The highest BCUT2D eigenvalue weighted by atomic mass is 16.6. The van der Waals surface area contributed by atoms with Gasteiger partial charge in [-0.05, 0) is 6.42 Å². The van der Waals surface area contributed by atoms with E-state index in [1.165, 1.54) is 0 Å². The van der Waals surface area contributed by atoms with E-state index in [1.807, 2.05) is 0 Å². The molecule has 2 N–H and O–H groups in total. The summed E-state index contributed by atoms with van der Waals surface area (Å²) < 4.78 is 0. The van der Waals surface area contributed by atoms with Crippen LogP contribution < -0.4 is 0 Å². The number of carbonyl (C=O) groups is 2. The van der Waals surface area contributed by atoms with Crippen molar-refractivity contribution in [3.8, 4) is 0 Å². The fourth-order valence-electron chi connectivity index (χ4n) is 1.13. The molecule has 0 bridgehead atoms. The van der Waals surface area contributed by atoms with Gasteiger partial charge in [0.25, 0.3) is 0 Å². The zero-order valence-corrected chi connectivity index (χ0v) is 8.09. The van der Waals surface area contributed by atoms with Gasteiger partial charge in [-0.1, -0.05) is 0 Å². The molecule has 0 aliphatic carbocycles. The van der Waals surface area contributed by atoms with Crippen LogP contribution in [0.1, 0.15) is 32.1 Å². The molecule has 86 valence electrons. The Hall–Kier alpha value is -1.66. The van der Waals surface area contributed by atoms with Crippen LogP contribution in [-0.4, -0.2) is 33.1 Å². The quantitative estimate of drug-likeness (QED) is 0.459. The number of hydrogen-bond donors (Lipinski definition) is 2. The van der Waals surface area contributed by atoms with Crippen LogP contribution >= 0.6 is 0 Å². The molecule has 0 heterocycles. The van der Waals surface area contributed by atoms with Gasteiger partial charge in [0.1, 0.15) is 0 Å². The van der Waals surface area contributed by atoms with Gasteiger partial charge < -0.3 is 10.2 Å². The standard InChI is InChI=1S/C8H13NO6/c10-7(11)3-1-2-6(9(14)15)4-5-8(12)13/h6H,1-5H2,(H,10,11)(H,12,13). The first-order valence-electron chi connectivity index (χ1n) is 4.50. The lowest BCUT2D eigenvalue weighted by Crippen LogP contribution is -2.20. The summed E-state index contributed by atoms with van der Waals surface area (Å²) in [5.41, 5.74) is 0. The average molecular weight is 219 g/mol. The molecule has 1 unspecified atom stereocenters. The number of aliphatic carboxylic acids is 2. The van der Waals surface area contributed by atoms with Gasteiger partial charge in [-0.3, -0.25) is 19.7 Å². The van der Waals surface area contributed by atoms with Crippen molar-refractivity contribution in [3.05, 3.63) is 10.1 Å². The molecule has 0 saturated carbocycles. The van der Waals surface area contributed by atoms with Crippen molar-refractivity contribution in [2.24, 2.45) is 0 Å². The highest BCUT2D eigenvalue weighted by Gasteiger charge is 2.20. The molecule has 0 aromatic heterocycles. The molecule has 0 spiro atoms. The van der Waals surface area contributed by atoms with Crippen LogP contribution in [0.2, 0.25) is 0 Å². The number of nitro groups is 1. The smallest absolute Gasteiger partial charge is 0.303 e. The molecule has 0 saturated heterocycles. The van der Waals surface area contributed by atoms with E-state index in [2.05, 4.69) is 0 Å². The predicted octanol–water partition coefficient (Wildman–Crippen LogP) is 0.751. The van der Waals surface area contributed by atoms with E-state index in [0.717, 1.165) is 0 Å². The summed E-state index contributed by atoms with van der Waals surface area (Å²) in [6.07, 6.45) is -0.148. The summed E-state index contributed by atoms with van der Waals surface area (Å²) >= 11 is 0. The van der Waals surface area contributed by atoms with Crippen LogP contribution in [0.5, 0.6) is 0 Å². The van der Waals surface area contributed by atoms with Crippen molar-refractivity contribution in [3.63, 3.8) is 0 Å². The Labute approximate surface area is 85.9 Å². The Morgan fingerprint density at radius 2 is 1.67 bits per heavy atom. The van der Waals surface area contributed by atoms with E-state index < -0.39 is 22.9 Å². The Kier molecular flexibility index (Phi) is 6.00. The number of nitrogens with zero attached hydrogens (tertiary/aromatic N) is 1. The molecule has 0 amide bonds. The molecule has 0 aliphatic rings. The Morgan fingerprint density at radius 1 is 1.13 bits per heavy atom. The van der Waals surface area contributed by atoms with Gasteiger partial charge >= 0.3 is 11.9 Å². The van der Waals surface area contributed by atoms with Gasteiger partial charge in [-0.25, -0.2) is 0 Å². The third-order valence-corrected chi connectivity index (χ3v) is 1.92. The van der Waals surface area contributed by atoms with Crippen molar-refractivity contribution in [2.75, 3.05) is 0 Å². The summed E-state index contributed by atoms with van der Waals surface area (Å²) in [4.78, 5) is 30.2. The Bertz CT molecular complexity index is 252. The first-order valence-corrected chi connectivity index (χ1v) is 4.50. The molecule has 0 aromatic rings. The molecule has 7 nitrogen and oxygen atoms in total. The Balaban J connectivity index is 3.88. The van der Waals surface area contributed by atoms with Gasteiger partial charge in [0.2, 0.25) is 6.04 Å². The SMILES string of the molecule is O=C(O)CCCC(CCC(=O)O)[N+](=O)[O-]. The normalized spacial score (nSPS) is 12.0. The minimum atomic E-state index is -1.08. The summed E-state index contributed by atoms with van der Waals surface area (Å²) in [5.74, 6) is -2.09. The molecule has 7 heteroatoms. The molecule has 0 rings (SSSR count). The summed E-state index contributed by atoms with van der Waals surface area (Å²) in [6, 6.07) is -0.958. The fraction of sp³-hybridized carbons (Fsp3) is 0.750. The molecule has 1 atom stereocenters. The van der Waals surface area contributed by atoms with Gasteiger partial charge in [0.05, 0.1) is 6.42 Å². The van der Waals surface area contributed by atoms with Crippen molar-refractivity contribution >= 4 is 11.9 Å². The lowest BCUT2D eigenvalue weighted by atomic mass is 10.1. The molecule has 0 aliphatic heterocycles. The monoisotopic (exact) mass is 219 g/mol. The zero-order valence-electron chi connectivity index (χ0n) is 8.09. The van der Waals surface area contributed by atoms with Crippen LogP contribution in [-0.2, 0) is 9.59 Å². The Morgan fingerprint density at radius 3 is 2.07 bits per heavy atom. The van der Waals surface area contributed by atoms with E-state index in [1.54, 1.807) is 0 Å². The largest absolute Gasteiger partial charge is 0.481 e. The van der Waals surface area contributed by atoms with E-state index in [-0.39, 0.29) is 32.1 Å². The lowest BCUT2D eigenvalue weighted by molar-refractivity contribution is -0.524. The minimum absolute atomic E-state index is 0.0536. The predicted molar refractivity (Wildman–Crippen MR) is 49.1 cm³/mol. The van der Waals surface area contributed by atoms with Gasteiger partial charge in [-0.2, -0.15) is 0 Å². The first kappa shape index (κ1) is 13.3. The first-order chi connectivity index (χ1) is 6.93. The summed E-state index contributed by atoms with van der Waals surface area (Å²) in [5, 5.41) is 27.1. The molecular formula is C8H13NO6. The second kappa shape index (κ2) is 6.74. The summed E-state index contributed by atoms with van der Waals surface area (Å²) in [6.45, 7) is 0. The molecule has 0 fully saturated rings. The van der Waals surface area contributed by atoms with Crippen molar-refractivity contribution in [2.45, 2.75) is 38.1 Å². The van der Waals surface area contributed by atoms with Crippen LogP contribution in [0, 0.1) is 10.1 Å². The zero-order chi connectivity index (χ0) is 11.8. The molecule has 0 aromatic carbocycles. The average Bonchev–Trinajstić information content (AvgIpc) is 2.09. The maximum absolute atomic E-state index is 10.5. The van der Waals surface area contributed by atoms with E-state index in [4.69, 9.17) is 10.2 Å². The third kappa shape index (κ3) is 7.41. The highest BCUT2D eigenvalue weighted by Crippen LogP contribution is 2.10. The van der Waals surface area contributed by atoms with Gasteiger partial charge in [0, 0.05) is 24.2 Å². The van der Waals surface area contributed by atoms with Crippen molar-refractivity contribution in [1.82, 2.24) is 0 Å². The minimum Gasteiger partial charge on any atom is -0.481 e. The second-order valence-corrected chi connectivity index (χ2v) is 3.16. The van der Waals surface area contributed by atoms with E-state index in [0.29, 0.717) is 0 Å². The number of carboxylic acid groups (broad SMARTS) is 2. The second-order valence-electron chi connectivity index (χ2n) is 3.16. The summed E-state index contributed by atoms with van der Waals surface area (Å²) in [7, 11) is 0. The third-order valence-electron chi connectivity index (χ3n) is 1.92. The van der Waals surface area contributed by atoms with Crippen molar-refractivity contribution < 1.29 is 24.7 Å².